The first-order valence-electron chi connectivity index (χ1n) is 4.33. The van der Waals surface area contributed by atoms with Gasteiger partial charge in [0, 0.05) is 6.07 Å². The van der Waals surface area contributed by atoms with Crippen LogP contribution in [0.5, 0.6) is 5.75 Å². The van der Waals surface area contributed by atoms with Crippen LogP contribution in [-0.4, -0.2) is 11.6 Å². The molecule has 14 heavy (non-hydrogen) atoms. The number of nitrogens with two attached hydrogens (primary N) is 1. The van der Waals surface area contributed by atoms with E-state index in [-0.39, 0.29) is 0 Å². The molecule has 0 unspecified atom stereocenters. The minimum Gasteiger partial charge on any atom is -0.494 e. The maximum absolute atomic E-state index is 5.32. The van der Waals surface area contributed by atoms with Crippen LogP contribution in [0, 0.1) is 0 Å². The Morgan fingerprint density at radius 1 is 1.57 bits per heavy atom. The number of benzene rings is 1. The normalized spacial score (nSPS) is 10.4. The van der Waals surface area contributed by atoms with Crippen molar-refractivity contribution in [2.45, 2.75) is 6.92 Å². The monoisotopic (exact) mass is 193 g/mol. The van der Waals surface area contributed by atoms with Crippen LogP contribution in [0.1, 0.15) is 6.92 Å². The Morgan fingerprint density at radius 3 is 3.14 bits per heavy atom. The molecule has 1 aromatic carbocycles. The van der Waals surface area contributed by atoms with Crippen molar-refractivity contribution < 1.29 is 9.15 Å². The van der Waals surface area contributed by atoms with E-state index in [9.17, 15) is 0 Å². The number of rotatable bonds is 3. The molecule has 0 atom stereocenters. The second-order valence-electron chi connectivity index (χ2n) is 2.73. The highest BCUT2D eigenvalue weighted by Gasteiger charge is 2.04. The average molecular weight is 193 g/mol. The van der Waals surface area contributed by atoms with E-state index in [0.29, 0.717) is 18.2 Å². The van der Waals surface area contributed by atoms with E-state index in [2.05, 4.69) is 10.4 Å². The molecule has 0 spiro atoms. The van der Waals surface area contributed by atoms with Gasteiger partial charge in [-0.25, -0.2) is 5.84 Å². The molecule has 0 aliphatic heterocycles. The van der Waals surface area contributed by atoms with Crippen molar-refractivity contribution in [1.82, 2.24) is 4.98 Å². The second kappa shape index (κ2) is 3.55. The molecule has 5 nitrogen and oxygen atoms in total. The highest BCUT2D eigenvalue weighted by atomic mass is 16.5. The molecule has 0 radical (unpaired) electrons. The van der Waals surface area contributed by atoms with Crippen molar-refractivity contribution in [3.05, 3.63) is 18.2 Å². The van der Waals surface area contributed by atoms with Gasteiger partial charge >= 0.3 is 6.01 Å². The molecule has 0 aliphatic carbocycles. The predicted octanol–water partition coefficient (Wildman–Crippen LogP) is 1.51. The molecule has 1 heterocycles. The molecule has 0 aliphatic rings. The third-order valence-corrected chi connectivity index (χ3v) is 1.79. The van der Waals surface area contributed by atoms with E-state index in [1.165, 1.54) is 0 Å². The third kappa shape index (κ3) is 1.49. The van der Waals surface area contributed by atoms with Crippen molar-refractivity contribution in [3.63, 3.8) is 0 Å². The lowest BCUT2D eigenvalue weighted by Crippen LogP contribution is -2.06. The van der Waals surface area contributed by atoms with E-state index in [1.54, 1.807) is 6.07 Å². The van der Waals surface area contributed by atoms with Crippen molar-refractivity contribution >= 4 is 17.1 Å². The van der Waals surface area contributed by atoms with Gasteiger partial charge in [-0.3, -0.25) is 5.43 Å². The highest BCUT2D eigenvalue weighted by Crippen LogP contribution is 2.23. The largest absolute Gasteiger partial charge is 0.494 e. The predicted molar refractivity (Wildman–Crippen MR) is 53.0 cm³/mol. The summed E-state index contributed by atoms with van der Waals surface area (Å²) in [4.78, 5) is 4.07. The van der Waals surface area contributed by atoms with Crippen LogP contribution in [0.15, 0.2) is 22.6 Å². The summed E-state index contributed by atoms with van der Waals surface area (Å²) < 4.78 is 10.6. The zero-order valence-corrected chi connectivity index (χ0v) is 7.78. The maximum atomic E-state index is 5.32. The van der Waals surface area contributed by atoms with Gasteiger partial charge in [-0.1, -0.05) is 0 Å². The number of ether oxygens (including phenoxy) is 1. The lowest BCUT2D eigenvalue weighted by Gasteiger charge is -2.00. The first kappa shape index (κ1) is 8.83. The molecular formula is C9H11N3O2. The van der Waals surface area contributed by atoms with E-state index < -0.39 is 0 Å². The molecule has 2 rings (SSSR count). The van der Waals surface area contributed by atoms with E-state index in [0.717, 1.165) is 11.3 Å². The number of aromatic nitrogens is 1. The van der Waals surface area contributed by atoms with E-state index in [1.807, 2.05) is 19.1 Å². The topological polar surface area (TPSA) is 73.3 Å². The fraction of sp³-hybridized carbons (Fsp3) is 0.222. The lowest BCUT2D eigenvalue weighted by molar-refractivity contribution is 0.340. The Balaban J connectivity index is 2.43. The van der Waals surface area contributed by atoms with Crippen LogP contribution < -0.4 is 16.0 Å². The summed E-state index contributed by atoms with van der Waals surface area (Å²) in [5.74, 6) is 5.94. The zero-order valence-electron chi connectivity index (χ0n) is 7.78. The van der Waals surface area contributed by atoms with Crippen molar-refractivity contribution in [3.8, 4) is 5.75 Å². The number of fused-ring (bicyclic) bond motifs is 1. The molecule has 0 saturated carbocycles. The van der Waals surface area contributed by atoms with Gasteiger partial charge in [0.25, 0.3) is 0 Å². The second-order valence-corrected chi connectivity index (χ2v) is 2.73. The van der Waals surface area contributed by atoms with Crippen molar-refractivity contribution in [2.75, 3.05) is 12.0 Å². The minimum atomic E-state index is 0.300. The van der Waals surface area contributed by atoms with Crippen molar-refractivity contribution in [1.29, 1.82) is 0 Å². The quantitative estimate of drug-likeness (QED) is 0.571. The van der Waals surface area contributed by atoms with E-state index >= 15 is 0 Å². The summed E-state index contributed by atoms with van der Waals surface area (Å²) >= 11 is 0. The van der Waals surface area contributed by atoms with Gasteiger partial charge in [-0.05, 0) is 19.1 Å². The molecule has 0 fully saturated rings. The SMILES string of the molecule is CCOc1ccc2nc(NN)oc2c1. The molecule has 5 heteroatoms. The Morgan fingerprint density at radius 2 is 2.43 bits per heavy atom. The number of hydrogen-bond acceptors (Lipinski definition) is 5. The van der Waals surface area contributed by atoms with Crippen LogP contribution in [0.4, 0.5) is 6.01 Å². The molecule has 3 N–H and O–H groups in total. The van der Waals surface area contributed by atoms with Crippen LogP contribution in [-0.2, 0) is 0 Å². The highest BCUT2D eigenvalue weighted by molar-refractivity contribution is 5.76. The average Bonchev–Trinajstić information content (AvgIpc) is 2.60. The molecule has 0 bridgehead atoms. The Labute approximate surface area is 80.8 Å². The Hall–Kier alpha value is -1.75. The van der Waals surface area contributed by atoms with Crippen LogP contribution in [0.3, 0.4) is 0 Å². The molecule has 1 aromatic heterocycles. The smallest absolute Gasteiger partial charge is 0.310 e. The standard InChI is InChI=1S/C9H11N3O2/c1-2-13-6-3-4-7-8(5-6)14-9(11-7)12-10/h3-5H,2,10H2,1H3,(H,11,12). The number of nitrogens with one attached hydrogen (secondary N) is 1. The molecular weight excluding hydrogens is 182 g/mol. The number of oxazole rings is 1. The fourth-order valence-electron chi connectivity index (χ4n) is 1.22. The number of nitrogen functional groups attached to an aromatic ring is 1. The Kier molecular flexibility index (Phi) is 2.24. The fourth-order valence-corrected chi connectivity index (χ4v) is 1.22. The lowest BCUT2D eigenvalue weighted by atomic mass is 10.3. The third-order valence-electron chi connectivity index (χ3n) is 1.79. The van der Waals surface area contributed by atoms with Gasteiger partial charge in [-0.2, -0.15) is 4.98 Å². The summed E-state index contributed by atoms with van der Waals surface area (Å²) in [6.07, 6.45) is 0. The van der Waals surface area contributed by atoms with Gasteiger partial charge in [0.15, 0.2) is 5.58 Å². The summed E-state index contributed by atoms with van der Waals surface area (Å²) in [6.45, 7) is 2.55. The molecule has 2 aromatic rings. The molecule has 0 amide bonds. The summed E-state index contributed by atoms with van der Waals surface area (Å²) in [6, 6.07) is 5.75. The molecule has 74 valence electrons. The van der Waals surface area contributed by atoms with Gasteiger partial charge in [0.1, 0.15) is 11.3 Å². The Bertz CT molecular complexity index is 439. The van der Waals surface area contributed by atoms with Crippen LogP contribution >= 0.6 is 0 Å². The number of anilines is 1. The van der Waals surface area contributed by atoms with Gasteiger partial charge in [0.05, 0.1) is 6.61 Å². The van der Waals surface area contributed by atoms with Gasteiger partial charge < -0.3 is 9.15 Å². The molecule has 0 saturated heterocycles. The maximum Gasteiger partial charge on any atom is 0.310 e. The summed E-state index contributed by atoms with van der Waals surface area (Å²) in [7, 11) is 0. The van der Waals surface area contributed by atoms with Crippen LogP contribution in [0.2, 0.25) is 0 Å². The zero-order chi connectivity index (χ0) is 9.97. The van der Waals surface area contributed by atoms with Crippen molar-refractivity contribution in [2.24, 2.45) is 5.84 Å². The van der Waals surface area contributed by atoms with Gasteiger partial charge in [0.2, 0.25) is 0 Å². The minimum absolute atomic E-state index is 0.300. The first-order chi connectivity index (χ1) is 6.83. The van der Waals surface area contributed by atoms with Crippen LogP contribution in [0.25, 0.3) is 11.1 Å². The summed E-state index contributed by atoms with van der Waals surface area (Å²) in [5.41, 5.74) is 3.76. The summed E-state index contributed by atoms with van der Waals surface area (Å²) in [5, 5.41) is 0. The number of nitrogens with zero attached hydrogens (tertiary/aromatic N) is 1. The first-order valence-corrected chi connectivity index (χ1v) is 4.33. The van der Waals surface area contributed by atoms with E-state index in [4.69, 9.17) is 15.0 Å². The number of hydrazine groups is 1. The van der Waals surface area contributed by atoms with Gasteiger partial charge in [-0.15, -0.1) is 0 Å². The number of hydrogen-bond donors (Lipinski definition) is 2.